The molecule has 3 heterocycles. The van der Waals surface area contributed by atoms with Crippen LogP contribution in [0.1, 0.15) is 17.9 Å². The summed E-state index contributed by atoms with van der Waals surface area (Å²) < 4.78 is 46.1. The minimum atomic E-state index is -2.88. The van der Waals surface area contributed by atoms with Crippen molar-refractivity contribution in [3.05, 3.63) is 66.1 Å². The number of nitrogens with one attached hydrogen (secondary N) is 1. The minimum absolute atomic E-state index is 0.132. The number of nitrogens with zero attached hydrogens (tertiary/aromatic N) is 6. The van der Waals surface area contributed by atoms with Crippen LogP contribution in [0.3, 0.4) is 0 Å². The van der Waals surface area contributed by atoms with Gasteiger partial charge in [0.2, 0.25) is 5.89 Å². The SMILES string of the molecule is Fc1cc(-c2nnc(C(F)F)o2)ccc1Cn1cc(-c2cccc3[nH]ncc23)nn1. The highest BCUT2D eigenvalue weighted by atomic mass is 19.3. The summed E-state index contributed by atoms with van der Waals surface area (Å²) in [5.74, 6) is -1.54. The first-order chi connectivity index (χ1) is 14.6. The first-order valence-electron chi connectivity index (χ1n) is 8.81. The van der Waals surface area contributed by atoms with Crippen molar-refractivity contribution in [1.29, 1.82) is 0 Å². The zero-order valence-corrected chi connectivity index (χ0v) is 15.1. The van der Waals surface area contributed by atoms with Crippen molar-refractivity contribution >= 4 is 10.9 Å². The molecule has 0 aliphatic rings. The van der Waals surface area contributed by atoms with Crippen LogP contribution in [0.4, 0.5) is 13.2 Å². The number of hydrogen-bond acceptors (Lipinski definition) is 6. The highest BCUT2D eigenvalue weighted by molar-refractivity contribution is 5.92. The molecule has 0 fully saturated rings. The normalized spacial score (nSPS) is 11.6. The van der Waals surface area contributed by atoms with Crippen LogP contribution >= 0.6 is 0 Å². The smallest absolute Gasteiger partial charge is 0.314 e. The average Bonchev–Trinajstić information content (AvgIpc) is 3.49. The molecule has 0 saturated heterocycles. The van der Waals surface area contributed by atoms with Gasteiger partial charge in [-0.05, 0) is 18.2 Å². The predicted octanol–water partition coefficient (Wildman–Crippen LogP) is 4.00. The van der Waals surface area contributed by atoms with E-state index in [0.29, 0.717) is 11.3 Å². The summed E-state index contributed by atoms with van der Waals surface area (Å²) in [5.41, 5.74) is 2.91. The van der Waals surface area contributed by atoms with Crippen LogP contribution in [0.2, 0.25) is 0 Å². The third-order valence-corrected chi connectivity index (χ3v) is 4.56. The molecule has 8 nitrogen and oxygen atoms in total. The van der Waals surface area contributed by atoms with Gasteiger partial charge in [-0.15, -0.1) is 15.3 Å². The highest BCUT2D eigenvalue weighted by Crippen LogP contribution is 2.27. The molecule has 0 saturated carbocycles. The average molecular weight is 411 g/mol. The van der Waals surface area contributed by atoms with Gasteiger partial charge in [0, 0.05) is 22.1 Å². The molecule has 0 amide bonds. The van der Waals surface area contributed by atoms with Gasteiger partial charge in [-0.2, -0.15) is 13.9 Å². The molecule has 5 rings (SSSR count). The van der Waals surface area contributed by atoms with E-state index in [4.69, 9.17) is 4.42 Å². The summed E-state index contributed by atoms with van der Waals surface area (Å²) in [6, 6.07) is 9.87. The second-order valence-corrected chi connectivity index (χ2v) is 6.49. The molecular formula is C19H12F3N7O. The fraction of sp³-hybridized carbons (Fsp3) is 0.105. The molecule has 0 aliphatic carbocycles. The zero-order chi connectivity index (χ0) is 20.7. The van der Waals surface area contributed by atoms with E-state index in [1.807, 2.05) is 18.2 Å². The Bertz CT molecular complexity index is 1340. The molecule has 11 heteroatoms. The van der Waals surface area contributed by atoms with Gasteiger partial charge < -0.3 is 4.42 Å². The molecule has 1 N–H and O–H groups in total. The van der Waals surface area contributed by atoms with E-state index < -0.39 is 18.1 Å². The Labute approximate surface area is 166 Å². The first-order valence-corrected chi connectivity index (χ1v) is 8.81. The summed E-state index contributed by atoms with van der Waals surface area (Å²) in [6.45, 7) is 0.132. The molecule has 0 atom stereocenters. The lowest BCUT2D eigenvalue weighted by molar-refractivity contribution is 0.116. The van der Waals surface area contributed by atoms with Crippen LogP contribution in [0.5, 0.6) is 0 Å². The van der Waals surface area contributed by atoms with Crippen molar-refractivity contribution in [1.82, 2.24) is 35.4 Å². The van der Waals surface area contributed by atoms with Gasteiger partial charge in [-0.1, -0.05) is 23.4 Å². The van der Waals surface area contributed by atoms with Crippen molar-refractivity contribution < 1.29 is 17.6 Å². The Hall–Kier alpha value is -4.02. The van der Waals surface area contributed by atoms with Gasteiger partial charge in [0.05, 0.1) is 24.5 Å². The molecule has 0 radical (unpaired) electrons. The van der Waals surface area contributed by atoms with Crippen LogP contribution in [0.15, 0.2) is 53.2 Å². The predicted molar refractivity (Wildman–Crippen MR) is 98.9 cm³/mol. The van der Waals surface area contributed by atoms with Crippen LogP contribution in [-0.2, 0) is 6.54 Å². The van der Waals surface area contributed by atoms with E-state index >= 15 is 0 Å². The van der Waals surface area contributed by atoms with Crippen molar-refractivity contribution in [3.8, 4) is 22.7 Å². The monoisotopic (exact) mass is 411 g/mol. The maximum atomic E-state index is 14.6. The zero-order valence-electron chi connectivity index (χ0n) is 15.1. The number of benzene rings is 2. The Morgan fingerprint density at radius 2 is 2.00 bits per heavy atom. The van der Waals surface area contributed by atoms with Crippen molar-refractivity contribution in [2.24, 2.45) is 0 Å². The Balaban J connectivity index is 1.39. The summed E-state index contributed by atoms with van der Waals surface area (Å²) in [7, 11) is 0. The van der Waals surface area contributed by atoms with E-state index in [9.17, 15) is 13.2 Å². The Kier molecular flexibility index (Phi) is 4.27. The molecule has 5 aromatic rings. The lowest BCUT2D eigenvalue weighted by Gasteiger charge is -2.04. The molecule has 0 aliphatic heterocycles. The summed E-state index contributed by atoms with van der Waals surface area (Å²) >= 11 is 0. The summed E-state index contributed by atoms with van der Waals surface area (Å²) in [6.07, 6.45) is 0.533. The van der Waals surface area contributed by atoms with Gasteiger partial charge in [0.15, 0.2) is 0 Å². The minimum Gasteiger partial charge on any atom is -0.415 e. The third-order valence-electron chi connectivity index (χ3n) is 4.56. The van der Waals surface area contributed by atoms with Crippen LogP contribution in [-0.4, -0.2) is 35.4 Å². The second-order valence-electron chi connectivity index (χ2n) is 6.49. The van der Waals surface area contributed by atoms with E-state index in [0.717, 1.165) is 22.5 Å². The molecule has 3 aromatic heterocycles. The van der Waals surface area contributed by atoms with E-state index in [1.165, 1.54) is 16.8 Å². The quantitative estimate of drug-likeness (QED) is 0.470. The van der Waals surface area contributed by atoms with E-state index in [2.05, 4.69) is 30.7 Å². The Morgan fingerprint density at radius 1 is 1.10 bits per heavy atom. The molecule has 150 valence electrons. The summed E-state index contributed by atoms with van der Waals surface area (Å²) in [5, 5.41) is 22.8. The number of halogens is 3. The molecule has 0 bridgehead atoms. The van der Waals surface area contributed by atoms with Crippen LogP contribution in [0.25, 0.3) is 33.6 Å². The molecule has 30 heavy (non-hydrogen) atoms. The molecular weight excluding hydrogens is 399 g/mol. The number of aromatic nitrogens is 7. The standard InChI is InChI=1S/C19H12F3N7O/c20-14-6-10(18-26-27-19(30-18)17(21)22)4-5-11(14)8-29-9-16(25-28-29)12-2-1-3-15-13(12)7-23-24-15/h1-7,9,17H,8H2,(H,23,24). The third kappa shape index (κ3) is 3.19. The molecule has 0 unspecified atom stereocenters. The number of fused-ring (bicyclic) bond motifs is 1. The van der Waals surface area contributed by atoms with Crippen molar-refractivity contribution in [3.63, 3.8) is 0 Å². The second kappa shape index (κ2) is 7.10. The fourth-order valence-electron chi connectivity index (χ4n) is 3.11. The van der Waals surface area contributed by atoms with Gasteiger partial charge in [-0.3, -0.25) is 5.10 Å². The largest absolute Gasteiger partial charge is 0.415 e. The van der Waals surface area contributed by atoms with Crippen molar-refractivity contribution in [2.45, 2.75) is 13.0 Å². The van der Waals surface area contributed by atoms with Gasteiger partial charge in [0.25, 0.3) is 5.89 Å². The first kappa shape index (κ1) is 18.0. The van der Waals surface area contributed by atoms with Crippen molar-refractivity contribution in [2.75, 3.05) is 0 Å². The summed E-state index contributed by atoms with van der Waals surface area (Å²) in [4.78, 5) is 0. The lowest BCUT2D eigenvalue weighted by Crippen LogP contribution is -2.03. The van der Waals surface area contributed by atoms with E-state index in [-0.39, 0.29) is 18.0 Å². The maximum Gasteiger partial charge on any atom is 0.314 e. The van der Waals surface area contributed by atoms with Gasteiger partial charge in [-0.25, -0.2) is 9.07 Å². The lowest BCUT2D eigenvalue weighted by atomic mass is 10.1. The fourth-order valence-corrected chi connectivity index (χ4v) is 3.11. The molecule has 0 spiro atoms. The number of rotatable bonds is 5. The number of H-pyrrole nitrogens is 1. The Morgan fingerprint density at radius 3 is 2.80 bits per heavy atom. The maximum absolute atomic E-state index is 14.6. The van der Waals surface area contributed by atoms with Crippen LogP contribution in [0, 0.1) is 5.82 Å². The van der Waals surface area contributed by atoms with Gasteiger partial charge >= 0.3 is 6.43 Å². The number of hydrogen-bond donors (Lipinski definition) is 1. The topological polar surface area (TPSA) is 98.3 Å². The van der Waals surface area contributed by atoms with Gasteiger partial charge in [0.1, 0.15) is 11.5 Å². The number of aromatic amines is 1. The highest BCUT2D eigenvalue weighted by Gasteiger charge is 2.18. The van der Waals surface area contributed by atoms with E-state index in [1.54, 1.807) is 12.4 Å². The molecule has 2 aromatic carbocycles. The van der Waals surface area contributed by atoms with Crippen LogP contribution < -0.4 is 0 Å². The number of alkyl halides is 2.